The minimum Gasteiger partial charge on any atom is -0.370 e. The molecule has 3 nitrogen and oxygen atoms in total. The number of unbranched alkanes of at least 4 members (excludes halogenated alkanes) is 1. The van der Waals surface area contributed by atoms with Gasteiger partial charge in [-0.15, -0.1) is 0 Å². The maximum absolute atomic E-state index is 5.97. The number of nitrogens with one attached hydrogen (secondary N) is 1. The fraction of sp³-hybridized carbons (Fsp3) is 0.800. The highest BCUT2D eigenvalue weighted by molar-refractivity contribution is 5.82. The highest BCUT2D eigenvalue weighted by Crippen LogP contribution is 2.48. The van der Waals surface area contributed by atoms with Crippen LogP contribution in [0.1, 0.15) is 52.4 Å². The van der Waals surface area contributed by atoms with Crippen LogP contribution in [0.25, 0.3) is 0 Å². The largest absolute Gasteiger partial charge is 0.370 e. The predicted octanol–water partition coefficient (Wildman–Crippen LogP) is 2.78. The zero-order valence-electron chi connectivity index (χ0n) is 11.6. The van der Waals surface area contributed by atoms with Gasteiger partial charge in [-0.3, -0.25) is 0 Å². The minimum absolute atomic E-state index is 0.405. The first-order chi connectivity index (χ1) is 8.70. The molecular formula is C15H25N3. The number of nitrogens with zero attached hydrogens (tertiary/aromatic N) is 1. The SMILES string of the molecule is CCCCC1C2=C3C(CCC3N=C(N)N2)CC1C. The molecule has 1 aliphatic heterocycles. The Balaban J connectivity index is 1.91. The Morgan fingerprint density at radius 1 is 1.39 bits per heavy atom. The second kappa shape index (κ2) is 4.60. The second-order valence-corrected chi connectivity index (χ2v) is 6.26. The number of nitrogens with two attached hydrogens (primary N) is 1. The fourth-order valence-electron chi connectivity index (χ4n) is 4.19. The Morgan fingerprint density at radius 2 is 2.22 bits per heavy atom. The van der Waals surface area contributed by atoms with Gasteiger partial charge in [-0.05, 0) is 43.1 Å². The van der Waals surface area contributed by atoms with Gasteiger partial charge in [0.1, 0.15) is 0 Å². The summed E-state index contributed by atoms with van der Waals surface area (Å²) in [5.74, 6) is 2.90. The number of hydrogen-bond acceptors (Lipinski definition) is 3. The molecule has 4 atom stereocenters. The smallest absolute Gasteiger partial charge is 0.193 e. The molecule has 0 aromatic rings. The van der Waals surface area contributed by atoms with Crippen LogP contribution in [-0.2, 0) is 0 Å². The van der Waals surface area contributed by atoms with E-state index in [0.717, 1.165) is 11.8 Å². The second-order valence-electron chi connectivity index (χ2n) is 6.26. The van der Waals surface area contributed by atoms with Crippen LogP contribution in [-0.4, -0.2) is 12.0 Å². The average Bonchev–Trinajstić information content (AvgIpc) is 2.72. The van der Waals surface area contributed by atoms with Crippen molar-refractivity contribution >= 4 is 5.96 Å². The molecule has 0 radical (unpaired) electrons. The zero-order chi connectivity index (χ0) is 12.7. The summed E-state index contributed by atoms with van der Waals surface area (Å²) in [6.45, 7) is 4.69. The normalized spacial score (nSPS) is 38.2. The van der Waals surface area contributed by atoms with Crippen molar-refractivity contribution in [3.63, 3.8) is 0 Å². The summed E-state index contributed by atoms with van der Waals surface area (Å²) >= 11 is 0. The van der Waals surface area contributed by atoms with Gasteiger partial charge in [0.15, 0.2) is 5.96 Å². The Bertz CT molecular complexity index is 397. The molecule has 1 fully saturated rings. The van der Waals surface area contributed by atoms with Crippen LogP contribution in [0.5, 0.6) is 0 Å². The van der Waals surface area contributed by atoms with E-state index in [1.54, 1.807) is 5.57 Å². The molecule has 0 aromatic carbocycles. The Morgan fingerprint density at radius 3 is 3.00 bits per heavy atom. The molecule has 0 amide bonds. The Hall–Kier alpha value is -0.990. The maximum atomic E-state index is 5.97. The van der Waals surface area contributed by atoms with E-state index in [1.807, 2.05) is 0 Å². The van der Waals surface area contributed by atoms with Crippen LogP contribution in [0.2, 0.25) is 0 Å². The van der Waals surface area contributed by atoms with E-state index in [-0.39, 0.29) is 0 Å². The van der Waals surface area contributed by atoms with E-state index in [4.69, 9.17) is 5.73 Å². The van der Waals surface area contributed by atoms with Crippen LogP contribution in [0.3, 0.4) is 0 Å². The van der Waals surface area contributed by atoms with Gasteiger partial charge in [0.2, 0.25) is 0 Å². The number of guanidine groups is 1. The van der Waals surface area contributed by atoms with Gasteiger partial charge in [0.05, 0.1) is 6.04 Å². The third kappa shape index (κ3) is 1.84. The summed E-state index contributed by atoms with van der Waals surface area (Å²) in [4.78, 5) is 4.59. The lowest BCUT2D eigenvalue weighted by Gasteiger charge is -2.39. The van der Waals surface area contributed by atoms with Crippen molar-refractivity contribution in [2.24, 2.45) is 28.5 Å². The van der Waals surface area contributed by atoms with Crippen LogP contribution in [0.15, 0.2) is 16.3 Å². The molecule has 100 valence electrons. The van der Waals surface area contributed by atoms with Crippen molar-refractivity contribution < 1.29 is 0 Å². The van der Waals surface area contributed by atoms with E-state index in [2.05, 4.69) is 24.2 Å². The molecule has 1 heterocycles. The van der Waals surface area contributed by atoms with E-state index in [9.17, 15) is 0 Å². The molecule has 3 N–H and O–H groups in total. The van der Waals surface area contributed by atoms with E-state index < -0.39 is 0 Å². The summed E-state index contributed by atoms with van der Waals surface area (Å²) in [6, 6.07) is 0.405. The van der Waals surface area contributed by atoms with Crippen molar-refractivity contribution in [3.8, 4) is 0 Å². The molecular weight excluding hydrogens is 222 g/mol. The van der Waals surface area contributed by atoms with Gasteiger partial charge in [-0.2, -0.15) is 0 Å². The first-order valence-corrected chi connectivity index (χ1v) is 7.55. The van der Waals surface area contributed by atoms with Gasteiger partial charge in [0, 0.05) is 11.6 Å². The van der Waals surface area contributed by atoms with Crippen molar-refractivity contribution in [2.75, 3.05) is 0 Å². The minimum atomic E-state index is 0.405. The highest BCUT2D eigenvalue weighted by Gasteiger charge is 2.43. The molecule has 0 bridgehead atoms. The van der Waals surface area contributed by atoms with E-state index in [1.165, 1.54) is 44.2 Å². The quantitative estimate of drug-likeness (QED) is 0.805. The molecule has 0 aromatic heterocycles. The van der Waals surface area contributed by atoms with Crippen LogP contribution < -0.4 is 11.1 Å². The summed E-state index contributed by atoms with van der Waals surface area (Å²) < 4.78 is 0. The molecule has 3 rings (SSSR count). The Kier molecular flexibility index (Phi) is 3.08. The topological polar surface area (TPSA) is 50.4 Å². The van der Waals surface area contributed by atoms with Gasteiger partial charge in [-0.25, -0.2) is 4.99 Å². The van der Waals surface area contributed by atoms with Crippen LogP contribution >= 0.6 is 0 Å². The molecule has 18 heavy (non-hydrogen) atoms. The van der Waals surface area contributed by atoms with Crippen LogP contribution in [0, 0.1) is 17.8 Å². The van der Waals surface area contributed by atoms with Gasteiger partial charge in [0.25, 0.3) is 0 Å². The average molecular weight is 247 g/mol. The molecule has 2 aliphatic carbocycles. The monoisotopic (exact) mass is 247 g/mol. The molecule has 3 heteroatoms. The molecule has 1 saturated carbocycles. The van der Waals surface area contributed by atoms with Gasteiger partial charge < -0.3 is 11.1 Å². The van der Waals surface area contributed by atoms with Crippen molar-refractivity contribution in [2.45, 2.75) is 58.4 Å². The number of allylic oxidation sites excluding steroid dienone is 1. The first-order valence-electron chi connectivity index (χ1n) is 7.55. The first kappa shape index (κ1) is 12.1. The molecule has 0 spiro atoms. The van der Waals surface area contributed by atoms with Gasteiger partial charge >= 0.3 is 0 Å². The molecule has 3 aliphatic rings. The summed E-state index contributed by atoms with van der Waals surface area (Å²) in [5, 5.41) is 3.42. The predicted molar refractivity (Wildman–Crippen MR) is 75.1 cm³/mol. The lowest BCUT2D eigenvalue weighted by Crippen LogP contribution is -2.43. The third-order valence-electron chi connectivity index (χ3n) is 5.04. The fourth-order valence-corrected chi connectivity index (χ4v) is 4.19. The number of hydrogen-bond donors (Lipinski definition) is 2. The summed E-state index contributed by atoms with van der Waals surface area (Å²) in [6.07, 6.45) is 7.78. The lowest BCUT2D eigenvalue weighted by atomic mass is 9.72. The Labute approximate surface area is 110 Å². The van der Waals surface area contributed by atoms with E-state index >= 15 is 0 Å². The third-order valence-corrected chi connectivity index (χ3v) is 5.04. The number of aliphatic imine (C=N–C) groups is 1. The maximum Gasteiger partial charge on any atom is 0.193 e. The van der Waals surface area contributed by atoms with Crippen molar-refractivity contribution in [3.05, 3.63) is 11.3 Å². The van der Waals surface area contributed by atoms with Gasteiger partial charge in [-0.1, -0.05) is 26.7 Å². The summed E-state index contributed by atoms with van der Waals surface area (Å²) in [7, 11) is 0. The van der Waals surface area contributed by atoms with Crippen molar-refractivity contribution in [1.29, 1.82) is 0 Å². The highest BCUT2D eigenvalue weighted by atomic mass is 15.1. The molecule has 4 unspecified atom stereocenters. The lowest BCUT2D eigenvalue weighted by molar-refractivity contribution is 0.281. The van der Waals surface area contributed by atoms with Crippen molar-refractivity contribution in [1.82, 2.24) is 5.32 Å². The molecule has 0 saturated heterocycles. The summed E-state index contributed by atoms with van der Waals surface area (Å²) in [5.41, 5.74) is 9.04. The standard InChI is InChI=1S/C15H25N3/c1-3-4-5-11-9(2)8-10-6-7-12-13(10)14(11)18-15(16)17-12/h9-12H,3-8H2,1-2H3,(H3,16,17,18). The zero-order valence-corrected chi connectivity index (χ0v) is 11.6. The van der Waals surface area contributed by atoms with E-state index in [0.29, 0.717) is 17.9 Å². The van der Waals surface area contributed by atoms with Crippen LogP contribution in [0.4, 0.5) is 0 Å². The number of rotatable bonds is 3.